The summed E-state index contributed by atoms with van der Waals surface area (Å²) in [5, 5.41) is 0. The van der Waals surface area contributed by atoms with Crippen molar-refractivity contribution in [2.75, 3.05) is 0 Å². The van der Waals surface area contributed by atoms with Crippen LogP contribution in [0.4, 0.5) is 0 Å². The first-order chi connectivity index (χ1) is 7.18. The lowest BCUT2D eigenvalue weighted by molar-refractivity contribution is 0.463. The third-order valence-electron chi connectivity index (χ3n) is 3.49. The minimum Gasteiger partial charge on any atom is -0.0894 e. The minimum atomic E-state index is 0.657. The standard InChI is InChI=1S/C14H19Br/c1-10(8-11(2)15)13-9-14(13)12-6-4-3-5-7-12/h3-7,10-11,13-14H,8-9H2,1-2H3. The first kappa shape index (κ1) is 11.2. The lowest BCUT2D eigenvalue weighted by Crippen LogP contribution is -2.04. The number of hydrogen-bond donors (Lipinski definition) is 0. The summed E-state index contributed by atoms with van der Waals surface area (Å²) in [5.41, 5.74) is 1.54. The van der Waals surface area contributed by atoms with Gasteiger partial charge in [-0.1, -0.05) is 60.1 Å². The molecule has 1 aliphatic rings. The number of benzene rings is 1. The van der Waals surface area contributed by atoms with Gasteiger partial charge < -0.3 is 0 Å². The van der Waals surface area contributed by atoms with Crippen molar-refractivity contribution >= 4 is 15.9 Å². The van der Waals surface area contributed by atoms with Gasteiger partial charge in [-0.15, -0.1) is 0 Å². The fourth-order valence-electron chi connectivity index (χ4n) is 2.61. The summed E-state index contributed by atoms with van der Waals surface area (Å²) in [5.74, 6) is 2.62. The molecular formula is C14H19Br. The van der Waals surface area contributed by atoms with Crippen LogP contribution >= 0.6 is 15.9 Å². The van der Waals surface area contributed by atoms with Crippen molar-refractivity contribution in [2.24, 2.45) is 11.8 Å². The van der Waals surface area contributed by atoms with E-state index in [1.807, 2.05) is 0 Å². The van der Waals surface area contributed by atoms with Crippen LogP contribution in [0.15, 0.2) is 30.3 Å². The molecule has 1 aromatic carbocycles. The Kier molecular flexibility index (Phi) is 3.50. The molecule has 1 aromatic rings. The Morgan fingerprint density at radius 2 is 1.93 bits per heavy atom. The van der Waals surface area contributed by atoms with E-state index in [1.165, 1.54) is 18.4 Å². The maximum absolute atomic E-state index is 3.65. The van der Waals surface area contributed by atoms with Crippen LogP contribution in [0.2, 0.25) is 0 Å². The van der Waals surface area contributed by atoms with Gasteiger partial charge in [-0.3, -0.25) is 0 Å². The predicted molar refractivity (Wildman–Crippen MR) is 69.5 cm³/mol. The summed E-state index contributed by atoms with van der Waals surface area (Å²) in [6.45, 7) is 4.64. The summed E-state index contributed by atoms with van der Waals surface area (Å²) < 4.78 is 0. The molecule has 15 heavy (non-hydrogen) atoms. The molecular weight excluding hydrogens is 248 g/mol. The second-order valence-corrected chi connectivity index (χ2v) is 6.47. The predicted octanol–water partition coefficient (Wildman–Crippen LogP) is 4.60. The molecule has 0 N–H and O–H groups in total. The quantitative estimate of drug-likeness (QED) is 0.699. The van der Waals surface area contributed by atoms with Crippen molar-refractivity contribution in [2.45, 2.75) is 37.4 Å². The van der Waals surface area contributed by atoms with Gasteiger partial charge in [0.25, 0.3) is 0 Å². The molecule has 0 radical (unpaired) electrons. The second kappa shape index (κ2) is 4.69. The zero-order chi connectivity index (χ0) is 10.8. The second-order valence-electron chi connectivity index (χ2n) is 4.91. The van der Waals surface area contributed by atoms with Crippen LogP contribution in [0.1, 0.15) is 38.2 Å². The van der Waals surface area contributed by atoms with E-state index < -0.39 is 0 Å². The van der Waals surface area contributed by atoms with Gasteiger partial charge in [-0.05, 0) is 36.2 Å². The van der Waals surface area contributed by atoms with Crippen LogP contribution in [-0.4, -0.2) is 4.83 Å². The molecule has 0 aromatic heterocycles. The Balaban J connectivity index is 1.91. The Bertz CT molecular complexity index is 304. The Hall–Kier alpha value is -0.300. The highest BCUT2D eigenvalue weighted by molar-refractivity contribution is 9.09. The van der Waals surface area contributed by atoms with Gasteiger partial charge in [0.05, 0.1) is 0 Å². The van der Waals surface area contributed by atoms with Crippen molar-refractivity contribution in [3.63, 3.8) is 0 Å². The van der Waals surface area contributed by atoms with Crippen molar-refractivity contribution in [3.05, 3.63) is 35.9 Å². The van der Waals surface area contributed by atoms with E-state index in [9.17, 15) is 0 Å². The summed E-state index contributed by atoms with van der Waals surface area (Å²) >= 11 is 3.65. The molecule has 1 saturated carbocycles. The van der Waals surface area contributed by atoms with Crippen LogP contribution in [0.25, 0.3) is 0 Å². The minimum absolute atomic E-state index is 0.657. The summed E-state index contributed by atoms with van der Waals surface area (Å²) in [4.78, 5) is 0.657. The zero-order valence-corrected chi connectivity index (χ0v) is 11.1. The average molecular weight is 267 g/mol. The topological polar surface area (TPSA) is 0 Å². The lowest BCUT2D eigenvalue weighted by Gasteiger charge is -2.12. The molecule has 0 amide bonds. The van der Waals surface area contributed by atoms with Gasteiger partial charge in [-0.2, -0.15) is 0 Å². The van der Waals surface area contributed by atoms with E-state index in [2.05, 4.69) is 60.1 Å². The molecule has 4 unspecified atom stereocenters. The molecule has 0 bridgehead atoms. The Morgan fingerprint density at radius 1 is 1.27 bits per heavy atom. The van der Waals surface area contributed by atoms with E-state index >= 15 is 0 Å². The summed E-state index contributed by atoms with van der Waals surface area (Å²) in [6, 6.07) is 11.0. The third kappa shape index (κ3) is 2.84. The molecule has 0 spiro atoms. The van der Waals surface area contributed by atoms with E-state index in [-0.39, 0.29) is 0 Å². The summed E-state index contributed by atoms with van der Waals surface area (Å²) in [6.07, 6.45) is 2.69. The monoisotopic (exact) mass is 266 g/mol. The van der Waals surface area contributed by atoms with Crippen LogP contribution in [0.3, 0.4) is 0 Å². The van der Waals surface area contributed by atoms with Crippen molar-refractivity contribution in [1.29, 1.82) is 0 Å². The number of halogens is 1. The largest absolute Gasteiger partial charge is 0.0894 e. The van der Waals surface area contributed by atoms with Crippen molar-refractivity contribution in [1.82, 2.24) is 0 Å². The molecule has 1 aliphatic carbocycles. The lowest BCUT2D eigenvalue weighted by atomic mass is 9.97. The van der Waals surface area contributed by atoms with Gasteiger partial charge >= 0.3 is 0 Å². The van der Waals surface area contributed by atoms with Gasteiger partial charge in [0.2, 0.25) is 0 Å². The maximum Gasteiger partial charge on any atom is 0.0120 e. The van der Waals surface area contributed by atoms with Crippen LogP contribution in [0.5, 0.6) is 0 Å². The summed E-state index contributed by atoms with van der Waals surface area (Å²) in [7, 11) is 0. The van der Waals surface area contributed by atoms with E-state index in [1.54, 1.807) is 0 Å². The fraction of sp³-hybridized carbons (Fsp3) is 0.571. The molecule has 4 atom stereocenters. The van der Waals surface area contributed by atoms with E-state index in [0.717, 1.165) is 17.8 Å². The van der Waals surface area contributed by atoms with Gasteiger partial charge in [0.15, 0.2) is 0 Å². The number of alkyl halides is 1. The van der Waals surface area contributed by atoms with Crippen LogP contribution in [0, 0.1) is 11.8 Å². The normalized spacial score (nSPS) is 28.5. The molecule has 82 valence electrons. The highest BCUT2D eigenvalue weighted by Crippen LogP contribution is 2.52. The third-order valence-corrected chi connectivity index (χ3v) is 3.87. The van der Waals surface area contributed by atoms with Gasteiger partial charge in [0, 0.05) is 4.83 Å². The van der Waals surface area contributed by atoms with Crippen LogP contribution < -0.4 is 0 Å². The highest BCUT2D eigenvalue weighted by atomic mass is 79.9. The van der Waals surface area contributed by atoms with Gasteiger partial charge in [0.1, 0.15) is 0 Å². The highest BCUT2D eigenvalue weighted by Gasteiger charge is 2.41. The molecule has 0 aliphatic heterocycles. The Morgan fingerprint density at radius 3 is 2.53 bits per heavy atom. The first-order valence-electron chi connectivity index (χ1n) is 5.87. The Labute approximate surface area is 101 Å². The van der Waals surface area contributed by atoms with Gasteiger partial charge in [-0.25, -0.2) is 0 Å². The molecule has 0 nitrogen and oxygen atoms in total. The van der Waals surface area contributed by atoms with E-state index in [4.69, 9.17) is 0 Å². The molecule has 0 heterocycles. The zero-order valence-electron chi connectivity index (χ0n) is 9.49. The maximum atomic E-state index is 3.65. The molecule has 0 saturated heterocycles. The van der Waals surface area contributed by atoms with Crippen molar-refractivity contribution in [3.8, 4) is 0 Å². The average Bonchev–Trinajstić information content (AvgIpc) is 2.97. The molecule has 1 fully saturated rings. The SMILES string of the molecule is CC(Br)CC(C)C1CC1c1ccccc1. The van der Waals surface area contributed by atoms with E-state index in [0.29, 0.717) is 4.83 Å². The van der Waals surface area contributed by atoms with Crippen molar-refractivity contribution < 1.29 is 0 Å². The first-order valence-corrected chi connectivity index (χ1v) is 6.79. The number of rotatable bonds is 4. The fourth-order valence-corrected chi connectivity index (χ4v) is 3.20. The smallest absolute Gasteiger partial charge is 0.0120 e. The molecule has 1 heteroatoms. The molecule has 2 rings (SSSR count). The van der Waals surface area contributed by atoms with Crippen LogP contribution in [-0.2, 0) is 0 Å². The number of hydrogen-bond acceptors (Lipinski definition) is 0.